The van der Waals surface area contributed by atoms with Crippen LogP contribution in [0.1, 0.15) is 35.0 Å². The van der Waals surface area contributed by atoms with Gasteiger partial charge in [-0.15, -0.1) is 0 Å². The number of rotatable bonds is 4. The largest absolute Gasteiger partial charge is 0.347 e. The summed E-state index contributed by atoms with van der Waals surface area (Å²) in [6.45, 7) is 3.08. The Morgan fingerprint density at radius 2 is 2.13 bits per heavy atom. The molecule has 0 unspecified atom stereocenters. The lowest BCUT2D eigenvalue weighted by atomic mass is 10.1. The van der Waals surface area contributed by atoms with E-state index in [0.29, 0.717) is 18.7 Å². The highest BCUT2D eigenvalue weighted by atomic mass is 16.2. The molecule has 0 atom stereocenters. The van der Waals surface area contributed by atoms with Crippen LogP contribution in [0.2, 0.25) is 0 Å². The van der Waals surface area contributed by atoms with Gasteiger partial charge in [-0.05, 0) is 29.7 Å². The van der Waals surface area contributed by atoms with E-state index >= 15 is 0 Å². The SMILES string of the molecule is CCC(=O)N1CCc2cc(CNC(=O)c3ccnn3C)ccc21. The quantitative estimate of drug-likeness (QED) is 0.933. The second kappa shape index (κ2) is 6.24. The number of hydrogen-bond donors (Lipinski definition) is 1. The van der Waals surface area contributed by atoms with Crippen molar-refractivity contribution in [3.63, 3.8) is 0 Å². The molecule has 0 saturated carbocycles. The molecule has 1 aromatic heterocycles. The average Bonchev–Trinajstić information content (AvgIpc) is 3.17. The van der Waals surface area contributed by atoms with Gasteiger partial charge >= 0.3 is 0 Å². The topological polar surface area (TPSA) is 67.2 Å². The van der Waals surface area contributed by atoms with Gasteiger partial charge in [0, 0.05) is 38.4 Å². The van der Waals surface area contributed by atoms with Gasteiger partial charge in [-0.1, -0.05) is 19.1 Å². The molecule has 1 aromatic carbocycles. The number of hydrogen-bond acceptors (Lipinski definition) is 3. The molecule has 6 heteroatoms. The molecule has 23 heavy (non-hydrogen) atoms. The van der Waals surface area contributed by atoms with Crippen molar-refractivity contribution in [3.8, 4) is 0 Å². The van der Waals surface area contributed by atoms with Crippen LogP contribution in [0.4, 0.5) is 5.69 Å². The van der Waals surface area contributed by atoms with Crippen molar-refractivity contribution in [1.29, 1.82) is 0 Å². The highest BCUT2D eigenvalue weighted by Gasteiger charge is 2.23. The fourth-order valence-electron chi connectivity index (χ4n) is 2.88. The number of amides is 2. The molecule has 3 rings (SSSR count). The Labute approximate surface area is 135 Å². The summed E-state index contributed by atoms with van der Waals surface area (Å²) in [7, 11) is 1.74. The van der Waals surface area contributed by atoms with E-state index in [2.05, 4.69) is 16.5 Å². The van der Waals surface area contributed by atoms with Crippen LogP contribution in [0.15, 0.2) is 30.5 Å². The molecule has 2 heterocycles. The molecule has 0 spiro atoms. The Bertz CT molecular complexity index is 751. The number of carbonyl (C=O) groups excluding carboxylic acids is 2. The molecule has 1 N–H and O–H groups in total. The summed E-state index contributed by atoms with van der Waals surface area (Å²) in [6, 6.07) is 7.69. The van der Waals surface area contributed by atoms with E-state index < -0.39 is 0 Å². The maximum absolute atomic E-state index is 12.1. The van der Waals surface area contributed by atoms with Gasteiger partial charge in [-0.2, -0.15) is 5.10 Å². The number of anilines is 1. The van der Waals surface area contributed by atoms with Crippen molar-refractivity contribution in [2.45, 2.75) is 26.3 Å². The zero-order valence-corrected chi connectivity index (χ0v) is 13.4. The van der Waals surface area contributed by atoms with Gasteiger partial charge in [0.2, 0.25) is 5.91 Å². The number of carbonyl (C=O) groups is 2. The minimum absolute atomic E-state index is 0.145. The predicted molar refractivity (Wildman–Crippen MR) is 87.2 cm³/mol. The predicted octanol–water partition coefficient (Wildman–Crippen LogP) is 1.65. The van der Waals surface area contributed by atoms with Gasteiger partial charge in [0.05, 0.1) is 0 Å². The van der Waals surface area contributed by atoms with Crippen LogP contribution >= 0.6 is 0 Å². The summed E-state index contributed by atoms with van der Waals surface area (Å²) < 4.78 is 1.55. The Balaban J connectivity index is 1.68. The van der Waals surface area contributed by atoms with Crippen molar-refractivity contribution in [1.82, 2.24) is 15.1 Å². The molecule has 2 amide bonds. The van der Waals surface area contributed by atoms with Gasteiger partial charge in [-0.3, -0.25) is 14.3 Å². The summed E-state index contributed by atoms with van der Waals surface area (Å²) in [5.74, 6) is 0.00861. The van der Waals surface area contributed by atoms with Crippen molar-refractivity contribution in [3.05, 3.63) is 47.3 Å². The molecule has 1 aliphatic heterocycles. The Morgan fingerprint density at radius 3 is 2.83 bits per heavy atom. The summed E-state index contributed by atoms with van der Waals surface area (Å²) in [5.41, 5.74) is 3.73. The molecule has 120 valence electrons. The van der Waals surface area contributed by atoms with Gasteiger partial charge in [0.25, 0.3) is 5.91 Å². The van der Waals surface area contributed by atoms with E-state index in [4.69, 9.17) is 0 Å². The zero-order valence-electron chi connectivity index (χ0n) is 13.4. The van der Waals surface area contributed by atoms with Crippen LogP contribution in [0.25, 0.3) is 0 Å². The van der Waals surface area contributed by atoms with Gasteiger partial charge < -0.3 is 10.2 Å². The summed E-state index contributed by atoms with van der Waals surface area (Å²) in [5, 5.41) is 6.89. The standard InChI is InChI=1S/C17H20N4O2/c1-3-16(22)21-9-7-13-10-12(4-5-14(13)21)11-18-17(23)15-6-8-19-20(15)2/h4-6,8,10H,3,7,9,11H2,1-2H3,(H,18,23). The van der Waals surface area contributed by atoms with Crippen molar-refractivity contribution < 1.29 is 9.59 Å². The van der Waals surface area contributed by atoms with Crippen LogP contribution < -0.4 is 10.2 Å². The summed E-state index contributed by atoms with van der Waals surface area (Å²) in [6.07, 6.45) is 2.98. The first-order chi connectivity index (χ1) is 11.1. The van der Waals surface area contributed by atoms with Gasteiger partial charge in [0.15, 0.2) is 0 Å². The van der Waals surface area contributed by atoms with Crippen LogP contribution in [0, 0.1) is 0 Å². The highest BCUT2D eigenvalue weighted by molar-refractivity contribution is 5.95. The van der Waals surface area contributed by atoms with Crippen molar-refractivity contribution in [2.24, 2.45) is 7.05 Å². The normalized spacial score (nSPS) is 13.0. The lowest BCUT2D eigenvalue weighted by Crippen LogP contribution is -2.27. The fraction of sp³-hybridized carbons (Fsp3) is 0.353. The molecular formula is C17H20N4O2. The van der Waals surface area contributed by atoms with E-state index in [0.717, 1.165) is 24.2 Å². The number of aromatic nitrogens is 2. The lowest BCUT2D eigenvalue weighted by Gasteiger charge is -2.16. The van der Waals surface area contributed by atoms with E-state index in [-0.39, 0.29) is 11.8 Å². The van der Waals surface area contributed by atoms with Crippen LogP contribution in [-0.2, 0) is 24.8 Å². The Morgan fingerprint density at radius 1 is 1.30 bits per heavy atom. The first-order valence-electron chi connectivity index (χ1n) is 7.78. The molecular weight excluding hydrogens is 292 g/mol. The summed E-state index contributed by atoms with van der Waals surface area (Å²) >= 11 is 0. The van der Waals surface area contributed by atoms with Crippen molar-refractivity contribution in [2.75, 3.05) is 11.4 Å². The number of aryl methyl sites for hydroxylation is 1. The van der Waals surface area contributed by atoms with Gasteiger partial charge in [0.1, 0.15) is 5.69 Å². The molecule has 2 aromatic rings. The molecule has 0 fully saturated rings. The van der Waals surface area contributed by atoms with E-state index in [1.165, 1.54) is 5.56 Å². The zero-order chi connectivity index (χ0) is 16.4. The van der Waals surface area contributed by atoms with Crippen LogP contribution in [0.5, 0.6) is 0 Å². The number of nitrogens with one attached hydrogen (secondary N) is 1. The Hall–Kier alpha value is -2.63. The minimum Gasteiger partial charge on any atom is -0.347 e. The molecule has 0 bridgehead atoms. The number of benzene rings is 1. The first-order valence-corrected chi connectivity index (χ1v) is 7.78. The average molecular weight is 312 g/mol. The van der Waals surface area contributed by atoms with Crippen LogP contribution in [-0.4, -0.2) is 28.1 Å². The third-order valence-electron chi connectivity index (χ3n) is 4.15. The smallest absolute Gasteiger partial charge is 0.269 e. The first kappa shape index (κ1) is 15.3. The minimum atomic E-state index is -0.145. The molecule has 1 aliphatic rings. The fourth-order valence-corrected chi connectivity index (χ4v) is 2.88. The Kier molecular flexibility index (Phi) is 4.14. The highest BCUT2D eigenvalue weighted by Crippen LogP contribution is 2.29. The van der Waals surface area contributed by atoms with E-state index in [1.54, 1.807) is 24.0 Å². The van der Waals surface area contributed by atoms with Gasteiger partial charge in [-0.25, -0.2) is 0 Å². The third kappa shape index (κ3) is 2.97. The lowest BCUT2D eigenvalue weighted by molar-refractivity contribution is -0.118. The monoisotopic (exact) mass is 312 g/mol. The van der Waals surface area contributed by atoms with Crippen LogP contribution in [0.3, 0.4) is 0 Å². The number of fused-ring (bicyclic) bond motifs is 1. The molecule has 0 saturated heterocycles. The van der Waals surface area contributed by atoms with E-state index in [9.17, 15) is 9.59 Å². The maximum atomic E-state index is 12.1. The molecule has 0 radical (unpaired) electrons. The second-order valence-corrected chi connectivity index (χ2v) is 5.63. The third-order valence-corrected chi connectivity index (χ3v) is 4.15. The molecule has 6 nitrogen and oxygen atoms in total. The molecule has 0 aliphatic carbocycles. The second-order valence-electron chi connectivity index (χ2n) is 5.63. The number of nitrogens with zero attached hydrogens (tertiary/aromatic N) is 3. The summed E-state index contributed by atoms with van der Waals surface area (Å²) in [4.78, 5) is 25.8. The van der Waals surface area contributed by atoms with Crippen molar-refractivity contribution >= 4 is 17.5 Å². The van der Waals surface area contributed by atoms with E-state index in [1.807, 2.05) is 24.0 Å². The maximum Gasteiger partial charge on any atom is 0.269 e.